The molecule has 0 aliphatic carbocycles. The van der Waals surface area contributed by atoms with E-state index in [4.69, 9.17) is 10.5 Å². The first-order valence-electron chi connectivity index (χ1n) is 17.3. The number of esters is 1. The Labute approximate surface area is 289 Å². The van der Waals surface area contributed by atoms with E-state index >= 15 is 0 Å². The third-order valence-electron chi connectivity index (χ3n) is 8.64. The third-order valence-corrected chi connectivity index (χ3v) is 8.64. The van der Waals surface area contributed by atoms with E-state index < -0.39 is 84.3 Å². The van der Waals surface area contributed by atoms with Crippen molar-refractivity contribution in [2.75, 3.05) is 20.1 Å². The fourth-order valence-electron chi connectivity index (χ4n) is 5.67. The zero-order valence-corrected chi connectivity index (χ0v) is 29.7. The van der Waals surface area contributed by atoms with Crippen molar-refractivity contribution in [2.24, 2.45) is 17.6 Å². The highest BCUT2D eigenvalue weighted by atomic mass is 16.5. The Hall–Kier alpha value is -4.04. The van der Waals surface area contributed by atoms with Gasteiger partial charge in [-0.3, -0.25) is 28.8 Å². The SMILES string of the molecule is CCCCCC[C@H]1OC(=O)CNC(=O)[C@H](C(C)O)NC(=O)[C@H](CN)NC(=O)[C@H](Cc2ccccc2)NC(=O)[C@H](CC(C)C)N(C)C(=O)[C@@H]1C. The molecule has 7 N–H and O–H groups in total. The molecule has 7 atom stereocenters. The van der Waals surface area contributed by atoms with Crippen molar-refractivity contribution in [1.29, 1.82) is 0 Å². The maximum atomic E-state index is 14.0. The molecule has 0 bridgehead atoms. The van der Waals surface area contributed by atoms with E-state index in [-0.39, 0.29) is 25.3 Å². The van der Waals surface area contributed by atoms with E-state index in [1.807, 2.05) is 19.9 Å². The Balaban J connectivity index is 2.58. The highest BCUT2D eigenvalue weighted by Crippen LogP contribution is 2.22. The first-order chi connectivity index (χ1) is 23.2. The van der Waals surface area contributed by atoms with E-state index in [1.165, 1.54) is 18.9 Å². The Kier molecular flexibility index (Phi) is 17.2. The number of aliphatic hydroxyl groups excluding tert-OH is 1. The lowest BCUT2D eigenvalue weighted by atomic mass is 9.94. The highest BCUT2D eigenvalue weighted by molar-refractivity contribution is 5.96. The molecule has 0 saturated carbocycles. The predicted molar refractivity (Wildman–Crippen MR) is 183 cm³/mol. The van der Waals surface area contributed by atoms with Crippen LogP contribution in [-0.4, -0.2) is 102 Å². The second-order valence-corrected chi connectivity index (χ2v) is 13.3. The van der Waals surface area contributed by atoms with Gasteiger partial charge in [0.2, 0.25) is 29.5 Å². The number of hydrogen-bond donors (Lipinski definition) is 6. The van der Waals surface area contributed by atoms with Crippen LogP contribution in [0, 0.1) is 11.8 Å². The molecule has 5 amide bonds. The number of likely N-dealkylation sites (N-methyl/N-ethyl adjacent to an activating group) is 1. The van der Waals surface area contributed by atoms with Gasteiger partial charge in [0.25, 0.3) is 0 Å². The summed E-state index contributed by atoms with van der Waals surface area (Å²) in [5.41, 5.74) is 6.58. The Morgan fingerprint density at radius 3 is 2.12 bits per heavy atom. The molecule has 0 spiro atoms. The van der Waals surface area contributed by atoms with Gasteiger partial charge in [-0.25, -0.2) is 0 Å². The molecule has 1 heterocycles. The number of ether oxygens (including phenoxy) is 1. The Bertz CT molecular complexity index is 1260. The predicted octanol–water partition coefficient (Wildman–Crippen LogP) is 0.544. The lowest BCUT2D eigenvalue weighted by molar-refractivity contribution is -0.157. The number of aliphatic hydroxyl groups is 1. The Morgan fingerprint density at radius 2 is 1.53 bits per heavy atom. The first-order valence-corrected chi connectivity index (χ1v) is 17.3. The summed E-state index contributed by atoms with van der Waals surface area (Å²) < 4.78 is 5.74. The van der Waals surface area contributed by atoms with Gasteiger partial charge in [0, 0.05) is 20.0 Å². The van der Waals surface area contributed by atoms with Gasteiger partial charge in [0.05, 0.1) is 12.0 Å². The smallest absolute Gasteiger partial charge is 0.325 e. The summed E-state index contributed by atoms with van der Waals surface area (Å²) in [7, 11) is 1.52. The van der Waals surface area contributed by atoms with Crippen LogP contribution in [0.25, 0.3) is 0 Å². The van der Waals surface area contributed by atoms with Crippen LogP contribution in [0.3, 0.4) is 0 Å². The minimum absolute atomic E-state index is 0.0113. The van der Waals surface area contributed by atoms with Gasteiger partial charge in [0.1, 0.15) is 36.8 Å². The monoisotopic (exact) mass is 688 g/mol. The molecular formula is C35H56N6O8. The summed E-state index contributed by atoms with van der Waals surface area (Å²) in [6.07, 6.45) is 1.98. The van der Waals surface area contributed by atoms with Crippen LogP contribution >= 0.6 is 0 Å². The number of carbonyl (C=O) groups excluding carboxylic acids is 6. The van der Waals surface area contributed by atoms with Crippen molar-refractivity contribution in [1.82, 2.24) is 26.2 Å². The largest absolute Gasteiger partial charge is 0.460 e. The molecule has 0 aromatic heterocycles. The summed E-state index contributed by atoms with van der Waals surface area (Å²) >= 11 is 0. The fourth-order valence-corrected chi connectivity index (χ4v) is 5.67. The number of nitrogens with zero attached hydrogens (tertiary/aromatic N) is 1. The molecule has 1 fully saturated rings. The van der Waals surface area contributed by atoms with Crippen molar-refractivity contribution in [3.8, 4) is 0 Å². The van der Waals surface area contributed by atoms with Crippen LogP contribution in [0.1, 0.15) is 78.7 Å². The van der Waals surface area contributed by atoms with Gasteiger partial charge in [-0.15, -0.1) is 0 Å². The molecule has 274 valence electrons. The summed E-state index contributed by atoms with van der Waals surface area (Å²) in [5.74, 6) is -5.09. The van der Waals surface area contributed by atoms with Gasteiger partial charge in [-0.05, 0) is 37.7 Å². The van der Waals surface area contributed by atoms with E-state index in [9.17, 15) is 33.9 Å². The molecule has 1 aromatic carbocycles. The van der Waals surface area contributed by atoms with Gasteiger partial charge < -0.3 is 41.7 Å². The van der Waals surface area contributed by atoms with Gasteiger partial charge in [-0.1, -0.05) is 77.3 Å². The quantitative estimate of drug-likeness (QED) is 0.141. The van der Waals surface area contributed by atoms with Crippen LogP contribution in [0.15, 0.2) is 30.3 Å². The molecule has 1 aliphatic heterocycles. The topological polar surface area (TPSA) is 209 Å². The van der Waals surface area contributed by atoms with E-state index in [0.29, 0.717) is 12.8 Å². The van der Waals surface area contributed by atoms with Crippen molar-refractivity contribution >= 4 is 35.5 Å². The van der Waals surface area contributed by atoms with Crippen LogP contribution in [0.2, 0.25) is 0 Å². The van der Waals surface area contributed by atoms with E-state index in [0.717, 1.165) is 24.8 Å². The second-order valence-electron chi connectivity index (χ2n) is 13.3. The molecule has 0 radical (unpaired) electrons. The molecule has 1 unspecified atom stereocenters. The Morgan fingerprint density at radius 1 is 0.898 bits per heavy atom. The molecular weight excluding hydrogens is 632 g/mol. The van der Waals surface area contributed by atoms with Crippen LogP contribution < -0.4 is 27.0 Å². The first kappa shape index (κ1) is 41.1. The number of amides is 5. The maximum absolute atomic E-state index is 14.0. The molecule has 1 aliphatic rings. The summed E-state index contributed by atoms with van der Waals surface area (Å²) in [6, 6.07) is 3.99. The standard InChI is InChI=1S/C35H56N6O8/c1-7-8-9-13-16-28-22(4)35(48)41(6)27(17-21(2)3)33(46)38-25(18-24-14-11-10-12-15-24)31(44)39-26(19-36)32(45)40-30(23(5)42)34(47)37-20-29(43)49-28/h10-12,14-15,21-23,25-28,30,42H,7-9,13,16-20,36H2,1-6H3,(H,37,47)(H,38,46)(H,39,44)(H,40,45)/t22-,23?,25+,26+,27+,28-,30+/m1/s1. The number of nitrogens with two attached hydrogens (primary N) is 1. The van der Waals surface area contributed by atoms with Gasteiger partial charge in [0.15, 0.2) is 0 Å². The average Bonchev–Trinajstić information content (AvgIpc) is 3.06. The number of hydrogen-bond acceptors (Lipinski definition) is 9. The zero-order chi connectivity index (χ0) is 36.7. The summed E-state index contributed by atoms with van der Waals surface area (Å²) in [6.45, 7) is 7.86. The number of unbranched alkanes of at least 4 members (excludes halogenated alkanes) is 3. The highest BCUT2D eigenvalue weighted by Gasteiger charge is 2.37. The van der Waals surface area contributed by atoms with Crippen LogP contribution in [0.4, 0.5) is 0 Å². The number of rotatable bonds is 11. The number of cyclic esters (lactones) is 1. The molecule has 1 aromatic rings. The maximum Gasteiger partial charge on any atom is 0.325 e. The van der Waals surface area contributed by atoms with Crippen LogP contribution in [-0.2, 0) is 39.9 Å². The van der Waals surface area contributed by atoms with Crippen molar-refractivity contribution in [2.45, 2.75) is 116 Å². The van der Waals surface area contributed by atoms with E-state index in [1.54, 1.807) is 31.2 Å². The average molecular weight is 689 g/mol. The molecule has 14 heteroatoms. The lowest BCUT2D eigenvalue weighted by Gasteiger charge is -2.34. The minimum atomic E-state index is -1.50. The summed E-state index contributed by atoms with van der Waals surface area (Å²) in [5, 5.41) is 20.5. The van der Waals surface area contributed by atoms with Crippen molar-refractivity contribution in [3.05, 3.63) is 35.9 Å². The van der Waals surface area contributed by atoms with E-state index in [2.05, 4.69) is 28.2 Å². The fraction of sp³-hybridized carbons (Fsp3) is 0.657. The van der Waals surface area contributed by atoms with Gasteiger partial charge in [-0.2, -0.15) is 0 Å². The van der Waals surface area contributed by atoms with Gasteiger partial charge >= 0.3 is 5.97 Å². The number of carbonyl (C=O) groups is 6. The molecule has 14 nitrogen and oxygen atoms in total. The lowest BCUT2D eigenvalue weighted by Crippen LogP contribution is -2.61. The van der Waals surface area contributed by atoms with Crippen molar-refractivity contribution < 1.29 is 38.6 Å². The number of benzene rings is 1. The van der Waals surface area contributed by atoms with Crippen LogP contribution in [0.5, 0.6) is 0 Å². The normalized spacial score (nSPS) is 26.0. The van der Waals surface area contributed by atoms with Crippen molar-refractivity contribution in [3.63, 3.8) is 0 Å². The molecule has 2 rings (SSSR count). The third kappa shape index (κ3) is 13.1. The number of nitrogens with one attached hydrogen (secondary N) is 4. The molecule has 49 heavy (non-hydrogen) atoms. The zero-order valence-electron chi connectivity index (χ0n) is 29.7. The minimum Gasteiger partial charge on any atom is -0.460 e. The molecule has 1 saturated heterocycles. The second kappa shape index (κ2) is 20.5. The summed E-state index contributed by atoms with van der Waals surface area (Å²) in [4.78, 5) is 82.3.